The van der Waals surface area contributed by atoms with Crippen LogP contribution in [-0.2, 0) is 26.3 Å². The molecule has 369 valence electrons. The van der Waals surface area contributed by atoms with E-state index in [1.54, 1.807) is 0 Å². The van der Waals surface area contributed by atoms with Gasteiger partial charge in [0.15, 0.2) is 0 Å². The van der Waals surface area contributed by atoms with Crippen LogP contribution in [0, 0.1) is 26.0 Å². The number of para-hydroxylation sites is 5. The van der Waals surface area contributed by atoms with Crippen LogP contribution in [0.3, 0.4) is 0 Å². The molecular weight excluding hydrogens is 1100 g/mol. The third kappa shape index (κ3) is 9.16. The van der Waals surface area contributed by atoms with Crippen LogP contribution < -0.4 is 0 Å². The molecule has 9 aromatic carbocycles. The predicted octanol–water partition coefficient (Wildman–Crippen LogP) is 18.1. The molecule has 0 atom stereocenters. The minimum absolute atomic E-state index is 0. The first-order valence-electron chi connectivity index (χ1n) is 24.6. The van der Waals surface area contributed by atoms with Crippen LogP contribution in [0.2, 0.25) is 0 Å². The number of benzene rings is 9. The summed E-state index contributed by atoms with van der Waals surface area (Å²) >= 11 is 0. The third-order valence-corrected chi connectivity index (χ3v) is 13.7. The Labute approximate surface area is 442 Å². The molecule has 9 heteroatoms. The molecule has 0 spiro atoms. The van der Waals surface area contributed by atoms with Crippen LogP contribution in [0.5, 0.6) is 0 Å². The van der Waals surface area contributed by atoms with Crippen LogP contribution >= 0.6 is 0 Å². The Morgan fingerprint density at radius 3 is 1.64 bits per heavy atom. The number of rotatable bonds is 8. The van der Waals surface area contributed by atoms with E-state index in [-0.39, 0.29) is 31.9 Å². The smallest absolute Gasteiger partial charge is 0.381 e. The van der Waals surface area contributed by atoms with Gasteiger partial charge in [-0.05, 0) is 118 Å². The van der Waals surface area contributed by atoms with Crippen molar-refractivity contribution in [1.82, 2.24) is 19.1 Å². The minimum Gasteiger partial charge on any atom is -0.501 e. The van der Waals surface area contributed by atoms with E-state index >= 15 is 0 Å². The Balaban J connectivity index is 0.000000191. The maximum Gasteiger partial charge on any atom is 0.381 e. The molecular formula is C65H51F3IrN4O-2. The molecule has 0 N–H and O–H groups in total. The van der Waals surface area contributed by atoms with Crippen molar-refractivity contribution >= 4 is 44.0 Å². The summed E-state index contributed by atoms with van der Waals surface area (Å²) < 4.78 is 49.8. The van der Waals surface area contributed by atoms with Crippen molar-refractivity contribution in [2.24, 2.45) is 0 Å². The van der Waals surface area contributed by atoms with Crippen LogP contribution in [0.15, 0.2) is 192 Å². The normalized spacial score (nSPS) is 11.7. The standard InChI is InChI=1S/C43H35N2O.C22H16F3N2.Ir/c1-27(2)36-24-32(30-16-9-6-10-17-30)25-37(28(3)4)41(36)45-39-21-12-11-20-38(39)44-43(45)35-19-13-18-34-33-23-22-31(26-40(33)46-42(34)35)29-14-7-5-8-15-29;1-14-6-5-7-15(2)20(14)27-19-9-4-3-8-18(19)26-21(27)16-10-12-17(13-11-16)22(23,24)25;/h5-18,20-28H,1-4H3;3-10,12-13H,1-2H3;/q2*-1;. The van der Waals surface area contributed by atoms with E-state index in [4.69, 9.17) is 9.40 Å². The van der Waals surface area contributed by atoms with E-state index < -0.39 is 11.7 Å². The van der Waals surface area contributed by atoms with Gasteiger partial charge in [0, 0.05) is 36.9 Å². The van der Waals surface area contributed by atoms with Gasteiger partial charge in [0.05, 0.1) is 39.3 Å². The molecule has 0 fully saturated rings. The first-order chi connectivity index (χ1) is 35.3. The second-order valence-corrected chi connectivity index (χ2v) is 19.2. The van der Waals surface area contributed by atoms with Gasteiger partial charge in [-0.2, -0.15) is 13.2 Å². The fraction of sp³-hybridized carbons (Fsp3) is 0.138. The average Bonchev–Trinajstić information content (AvgIpc) is 4.10. The molecule has 12 aromatic rings. The molecule has 3 heterocycles. The molecule has 0 bridgehead atoms. The number of imidazole rings is 2. The summed E-state index contributed by atoms with van der Waals surface area (Å²) in [5.41, 5.74) is 17.7. The number of hydrogen-bond acceptors (Lipinski definition) is 3. The number of furan rings is 1. The van der Waals surface area contributed by atoms with Crippen LogP contribution in [0.4, 0.5) is 13.2 Å². The molecule has 0 saturated carbocycles. The fourth-order valence-electron chi connectivity index (χ4n) is 10.1. The number of halogens is 3. The second kappa shape index (κ2) is 20.2. The van der Waals surface area contributed by atoms with Crippen molar-refractivity contribution in [3.63, 3.8) is 0 Å². The van der Waals surface area contributed by atoms with E-state index in [0.717, 1.165) is 89.9 Å². The van der Waals surface area contributed by atoms with Crippen LogP contribution in [0.25, 0.3) is 100 Å². The van der Waals surface area contributed by atoms with Crippen molar-refractivity contribution in [2.75, 3.05) is 0 Å². The predicted molar refractivity (Wildman–Crippen MR) is 291 cm³/mol. The van der Waals surface area contributed by atoms with Gasteiger partial charge in [0.2, 0.25) is 0 Å². The first kappa shape index (κ1) is 49.7. The number of fused-ring (bicyclic) bond motifs is 5. The summed E-state index contributed by atoms with van der Waals surface area (Å²) in [5, 5.41) is 2.15. The zero-order valence-electron chi connectivity index (χ0n) is 41.7. The number of aromatic nitrogens is 4. The molecule has 0 amide bonds. The van der Waals surface area contributed by atoms with Crippen LogP contribution in [0.1, 0.15) is 67.3 Å². The topological polar surface area (TPSA) is 48.8 Å². The van der Waals surface area contributed by atoms with Gasteiger partial charge in [-0.25, -0.2) is 0 Å². The van der Waals surface area contributed by atoms with E-state index in [2.05, 4.69) is 165 Å². The zero-order valence-corrected chi connectivity index (χ0v) is 44.1. The summed E-state index contributed by atoms with van der Waals surface area (Å²) in [6, 6.07) is 68.4. The van der Waals surface area contributed by atoms with Crippen molar-refractivity contribution < 1.29 is 37.7 Å². The van der Waals surface area contributed by atoms with E-state index in [9.17, 15) is 13.2 Å². The molecule has 74 heavy (non-hydrogen) atoms. The summed E-state index contributed by atoms with van der Waals surface area (Å²) in [7, 11) is 0. The van der Waals surface area contributed by atoms with Gasteiger partial charge < -0.3 is 13.6 Å². The Hall–Kier alpha value is -7.84. The molecule has 5 nitrogen and oxygen atoms in total. The van der Waals surface area contributed by atoms with E-state index in [1.165, 1.54) is 39.6 Å². The van der Waals surface area contributed by atoms with Gasteiger partial charge in [-0.3, -0.25) is 9.97 Å². The quantitative estimate of drug-likeness (QED) is 0.142. The summed E-state index contributed by atoms with van der Waals surface area (Å²) in [6.45, 7) is 13.2. The van der Waals surface area contributed by atoms with Crippen molar-refractivity contribution in [1.29, 1.82) is 0 Å². The molecule has 0 unspecified atom stereocenters. The maximum atomic E-state index is 12.9. The van der Waals surface area contributed by atoms with Crippen molar-refractivity contribution in [3.05, 3.63) is 228 Å². The van der Waals surface area contributed by atoms with E-state index in [1.807, 2.05) is 73.0 Å². The Morgan fingerprint density at radius 2 is 1.07 bits per heavy atom. The minimum atomic E-state index is -4.39. The summed E-state index contributed by atoms with van der Waals surface area (Å²) in [5.74, 6) is 1.98. The molecule has 12 rings (SSSR count). The Kier molecular flexibility index (Phi) is 13.6. The molecule has 0 aliphatic carbocycles. The summed E-state index contributed by atoms with van der Waals surface area (Å²) in [4.78, 5) is 9.98. The molecule has 0 aliphatic heterocycles. The number of alkyl halides is 3. The second-order valence-electron chi connectivity index (χ2n) is 19.2. The molecule has 3 aromatic heterocycles. The van der Waals surface area contributed by atoms with Gasteiger partial charge in [-0.15, -0.1) is 48.0 Å². The largest absolute Gasteiger partial charge is 0.501 e. The number of aryl methyl sites for hydroxylation is 2. The zero-order chi connectivity index (χ0) is 50.5. The summed E-state index contributed by atoms with van der Waals surface area (Å²) in [6.07, 6.45) is -4.39. The number of hydrogen-bond donors (Lipinski definition) is 0. The van der Waals surface area contributed by atoms with Crippen LogP contribution in [-0.4, -0.2) is 19.1 Å². The van der Waals surface area contributed by atoms with Gasteiger partial charge >= 0.3 is 6.18 Å². The Morgan fingerprint density at radius 1 is 0.514 bits per heavy atom. The monoisotopic (exact) mass is 1150 g/mol. The third-order valence-electron chi connectivity index (χ3n) is 13.7. The molecule has 0 saturated heterocycles. The number of nitrogens with zero attached hydrogens (tertiary/aromatic N) is 4. The van der Waals surface area contributed by atoms with Crippen molar-refractivity contribution in [3.8, 4) is 56.4 Å². The van der Waals surface area contributed by atoms with Gasteiger partial charge in [0.1, 0.15) is 5.58 Å². The SMILES string of the molecule is CC(C)c1cc(-c2ccccc2)cc(C(C)C)c1-n1c(-c2[c-]ccc3c2oc2cc(-c4ccccc4)ccc23)nc2ccccc21.Cc1cccc(C)c1-n1c(-c2[c-]cc(C(F)(F)F)cc2)nc2ccccc21.[Ir]. The fourth-order valence-corrected chi connectivity index (χ4v) is 10.1. The molecule has 0 aliphatic rings. The van der Waals surface area contributed by atoms with Gasteiger partial charge in [0.25, 0.3) is 0 Å². The first-order valence-corrected chi connectivity index (χ1v) is 24.6. The Bertz CT molecular complexity index is 3930. The van der Waals surface area contributed by atoms with Gasteiger partial charge in [-0.1, -0.05) is 154 Å². The average molecular weight is 1150 g/mol. The molecule has 1 radical (unpaired) electrons. The van der Waals surface area contributed by atoms with E-state index in [0.29, 0.717) is 11.4 Å². The van der Waals surface area contributed by atoms with Crippen molar-refractivity contribution in [2.45, 2.75) is 59.6 Å². The maximum absolute atomic E-state index is 12.9.